The fraction of sp³-hybridized carbons (Fsp3) is 0.273. The standard InChI is InChI=1S/C22H25ClN4O3/c1-13-4-3-5-15(6-13)20(12-29)27-22(30)19-7-16(9-24-19)17-8-21(25-10-18(17)23)26-14(2)11-28/h3-10,14,20,24,28-29H,11-12H2,1-2H3,(H,25,26)(H,27,30)/t14-,20-/m1/s1. The summed E-state index contributed by atoms with van der Waals surface area (Å²) in [7, 11) is 0. The number of pyridine rings is 1. The lowest BCUT2D eigenvalue weighted by Crippen LogP contribution is -2.31. The first-order valence-electron chi connectivity index (χ1n) is 9.61. The van der Waals surface area contributed by atoms with Crippen molar-refractivity contribution in [2.45, 2.75) is 25.9 Å². The van der Waals surface area contributed by atoms with E-state index in [1.54, 1.807) is 18.3 Å². The maximum Gasteiger partial charge on any atom is 0.268 e. The number of aliphatic hydroxyl groups excluding tert-OH is 2. The van der Waals surface area contributed by atoms with Crippen LogP contribution in [0, 0.1) is 6.92 Å². The van der Waals surface area contributed by atoms with Crippen LogP contribution in [0.4, 0.5) is 5.82 Å². The zero-order chi connectivity index (χ0) is 21.7. The van der Waals surface area contributed by atoms with E-state index in [0.717, 1.165) is 16.7 Å². The average molecular weight is 429 g/mol. The number of aliphatic hydroxyl groups is 2. The Labute approximate surface area is 180 Å². The van der Waals surface area contributed by atoms with Crippen LogP contribution in [0.15, 0.2) is 48.8 Å². The van der Waals surface area contributed by atoms with Gasteiger partial charge in [0.25, 0.3) is 5.91 Å². The molecule has 5 N–H and O–H groups in total. The van der Waals surface area contributed by atoms with Crippen molar-refractivity contribution in [1.29, 1.82) is 0 Å². The number of anilines is 1. The van der Waals surface area contributed by atoms with E-state index in [1.165, 1.54) is 6.20 Å². The highest BCUT2D eigenvalue weighted by atomic mass is 35.5. The van der Waals surface area contributed by atoms with Gasteiger partial charge in [-0.2, -0.15) is 0 Å². The fourth-order valence-corrected chi connectivity index (χ4v) is 3.29. The third-order valence-electron chi connectivity index (χ3n) is 4.69. The van der Waals surface area contributed by atoms with Gasteiger partial charge in [0.1, 0.15) is 11.5 Å². The minimum Gasteiger partial charge on any atom is -0.394 e. The highest BCUT2D eigenvalue weighted by Crippen LogP contribution is 2.30. The van der Waals surface area contributed by atoms with E-state index in [0.29, 0.717) is 22.1 Å². The van der Waals surface area contributed by atoms with Gasteiger partial charge in [0.05, 0.1) is 24.3 Å². The predicted molar refractivity (Wildman–Crippen MR) is 118 cm³/mol. The zero-order valence-corrected chi connectivity index (χ0v) is 17.6. The third-order valence-corrected chi connectivity index (χ3v) is 5.00. The summed E-state index contributed by atoms with van der Waals surface area (Å²) < 4.78 is 0. The summed E-state index contributed by atoms with van der Waals surface area (Å²) in [6.07, 6.45) is 3.21. The minimum absolute atomic E-state index is 0.0267. The highest BCUT2D eigenvalue weighted by molar-refractivity contribution is 6.33. The Bertz CT molecular complexity index is 1020. The van der Waals surface area contributed by atoms with Crippen molar-refractivity contribution in [1.82, 2.24) is 15.3 Å². The number of aromatic nitrogens is 2. The van der Waals surface area contributed by atoms with Gasteiger partial charge in [-0.05, 0) is 31.5 Å². The first kappa shape index (κ1) is 21.8. The summed E-state index contributed by atoms with van der Waals surface area (Å²) in [6.45, 7) is 3.55. The molecule has 7 nitrogen and oxygen atoms in total. The monoisotopic (exact) mass is 428 g/mol. The molecule has 8 heteroatoms. The lowest BCUT2D eigenvalue weighted by atomic mass is 10.0. The molecule has 1 amide bonds. The smallest absolute Gasteiger partial charge is 0.268 e. The van der Waals surface area contributed by atoms with Crippen LogP contribution in [0.3, 0.4) is 0 Å². The van der Waals surface area contributed by atoms with E-state index >= 15 is 0 Å². The Kier molecular flexibility index (Phi) is 7.10. The molecule has 0 aliphatic carbocycles. The molecule has 1 aromatic carbocycles. The number of H-pyrrole nitrogens is 1. The van der Waals surface area contributed by atoms with Gasteiger partial charge < -0.3 is 25.8 Å². The highest BCUT2D eigenvalue weighted by Gasteiger charge is 2.18. The Hall–Kier alpha value is -2.87. The topological polar surface area (TPSA) is 110 Å². The van der Waals surface area contributed by atoms with Gasteiger partial charge in [-0.25, -0.2) is 4.98 Å². The lowest BCUT2D eigenvalue weighted by molar-refractivity contribution is 0.0911. The van der Waals surface area contributed by atoms with Gasteiger partial charge in [-0.1, -0.05) is 41.4 Å². The summed E-state index contributed by atoms with van der Waals surface area (Å²) in [6, 6.07) is 10.4. The number of nitrogens with one attached hydrogen (secondary N) is 3. The molecule has 3 rings (SSSR count). The van der Waals surface area contributed by atoms with Gasteiger partial charge in [0.15, 0.2) is 0 Å². The van der Waals surface area contributed by atoms with Gasteiger partial charge in [0, 0.05) is 29.6 Å². The molecule has 0 fully saturated rings. The second kappa shape index (κ2) is 9.75. The Morgan fingerprint density at radius 2 is 2.03 bits per heavy atom. The maximum absolute atomic E-state index is 12.7. The van der Waals surface area contributed by atoms with Crippen molar-refractivity contribution < 1.29 is 15.0 Å². The van der Waals surface area contributed by atoms with Crippen molar-refractivity contribution in [2.24, 2.45) is 0 Å². The molecular weight excluding hydrogens is 404 g/mol. The third kappa shape index (κ3) is 5.18. The number of aryl methyl sites for hydroxylation is 1. The molecule has 0 bridgehead atoms. The molecule has 0 radical (unpaired) electrons. The molecule has 0 saturated heterocycles. The van der Waals surface area contributed by atoms with E-state index in [1.807, 2.05) is 38.1 Å². The number of aromatic amines is 1. The summed E-state index contributed by atoms with van der Waals surface area (Å²) in [5.41, 5.74) is 3.66. The molecule has 2 heterocycles. The zero-order valence-electron chi connectivity index (χ0n) is 16.8. The molecule has 2 aromatic heterocycles. The number of halogens is 1. The number of hydrogen-bond acceptors (Lipinski definition) is 5. The van der Waals surface area contributed by atoms with Crippen LogP contribution in [0.2, 0.25) is 5.02 Å². The van der Waals surface area contributed by atoms with Crippen LogP contribution in [0.1, 0.15) is 34.6 Å². The second-order valence-electron chi connectivity index (χ2n) is 7.20. The van der Waals surface area contributed by atoms with E-state index in [4.69, 9.17) is 11.6 Å². The van der Waals surface area contributed by atoms with Crippen LogP contribution in [-0.2, 0) is 0 Å². The number of carbonyl (C=O) groups is 1. The predicted octanol–water partition coefficient (Wildman–Crippen LogP) is 3.29. The molecule has 0 unspecified atom stereocenters. The molecule has 0 spiro atoms. The first-order chi connectivity index (χ1) is 14.4. The summed E-state index contributed by atoms with van der Waals surface area (Å²) in [5, 5.41) is 25.3. The van der Waals surface area contributed by atoms with Gasteiger partial charge in [-0.3, -0.25) is 4.79 Å². The summed E-state index contributed by atoms with van der Waals surface area (Å²) >= 11 is 6.30. The molecule has 158 valence electrons. The lowest BCUT2D eigenvalue weighted by Gasteiger charge is -2.16. The Morgan fingerprint density at radius 3 is 2.73 bits per heavy atom. The van der Waals surface area contributed by atoms with Gasteiger partial charge in [0.2, 0.25) is 0 Å². The van der Waals surface area contributed by atoms with E-state index in [-0.39, 0.29) is 25.2 Å². The number of rotatable bonds is 8. The van der Waals surface area contributed by atoms with Gasteiger partial charge in [-0.15, -0.1) is 0 Å². The molecule has 0 aliphatic heterocycles. The average Bonchev–Trinajstić information content (AvgIpc) is 3.23. The van der Waals surface area contributed by atoms with Crippen molar-refractivity contribution >= 4 is 23.3 Å². The number of carbonyl (C=O) groups excluding carboxylic acids is 1. The number of benzene rings is 1. The second-order valence-corrected chi connectivity index (χ2v) is 7.61. The molecule has 30 heavy (non-hydrogen) atoms. The normalized spacial score (nSPS) is 13.0. The minimum atomic E-state index is -0.510. The molecule has 2 atom stereocenters. The largest absolute Gasteiger partial charge is 0.394 e. The quantitative estimate of drug-likeness (QED) is 0.378. The molecule has 0 saturated carbocycles. The number of hydrogen-bond donors (Lipinski definition) is 5. The van der Waals surface area contributed by atoms with Crippen LogP contribution in [0.25, 0.3) is 11.1 Å². The summed E-state index contributed by atoms with van der Waals surface area (Å²) in [4.78, 5) is 19.9. The number of nitrogens with zero attached hydrogens (tertiary/aromatic N) is 1. The van der Waals surface area contributed by atoms with Crippen molar-refractivity contribution in [3.8, 4) is 11.1 Å². The fourth-order valence-electron chi connectivity index (χ4n) is 3.08. The van der Waals surface area contributed by atoms with E-state index in [2.05, 4.69) is 20.6 Å². The van der Waals surface area contributed by atoms with E-state index in [9.17, 15) is 15.0 Å². The maximum atomic E-state index is 12.7. The molecule has 0 aliphatic rings. The molecule has 3 aromatic rings. The van der Waals surface area contributed by atoms with Crippen molar-refractivity contribution in [2.75, 3.05) is 18.5 Å². The SMILES string of the molecule is Cc1cccc([C@@H](CO)NC(=O)c2cc(-c3cc(N[C@H](C)CO)ncc3Cl)c[nH]2)c1. The molecular formula is C22H25ClN4O3. The first-order valence-corrected chi connectivity index (χ1v) is 9.99. The summed E-state index contributed by atoms with van der Waals surface area (Å²) in [5.74, 6) is 0.238. The van der Waals surface area contributed by atoms with Crippen LogP contribution in [0.5, 0.6) is 0 Å². The van der Waals surface area contributed by atoms with E-state index < -0.39 is 6.04 Å². The van der Waals surface area contributed by atoms with Crippen LogP contribution >= 0.6 is 11.6 Å². The Balaban J connectivity index is 1.78. The van der Waals surface area contributed by atoms with Crippen LogP contribution in [-0.4, -0.2) is 45.3 Å². The number of amides is 1. The van der Waals surface area contributed by atoms with Gasteiger partial charge >= 0.3 is 0 Å². The Morgan fingerprint density at radius 1 is 1.23 bits per heavy atom. The van der Waals surface area contributed by atoms with Crippen molar-refractivity contribution in [3.05, 3.63) is 70.6 Å². The van der Waals surface area contributed by atoms with Crippen LogP contribution < -0.4 is 10.6 Å². The van der Waals surface area contributed by atoms with Crippen molar-refractivity contribution in [3.63, 3.8) is 0 Å².